The van der Waals surface area contributed by atoms with Gasteiger partial charge in [-0.2, -0.15) is 5.26 Å². The van der Waals surface area contributed by atoms with Crippen LogP contribution in [0.1, 0.15) is 31.7 Å². The van der Waals surface area contributed by atoms with E-state index in [1.165, 1.54) is 4.90 Å². The average Bonchev–Trinajstić information content (AvgIpc) is 3.16. The van der Waals surface area contributed by atoms with E-state index in [9.17, 15) is 14.4 Å². The molecule has 1 aromatic rings. The van der Waals surface area contributed by atoms with Crippen molar-refractivity contribution in [1.29, 1.82) is 5.26 Å². The van der Waals surface area contributed by atoms with Crippen molar-refractivity contribution in [2.75, 3.05) is 6.54 Å². The van der Waals surface area contributed by atoms with Gasteiger partial charge in [-0.1, -0.05) is 30.3 Å². The Balaban J connectivity index is 1.95. The van der Waals surface area contributed by atoms with Crippen LogP contribution in [-0.2, 0) is 20.9 Å². The molecule has 0 saturated carbocycles. The van der Waals surface area contributed by atoms with Crippen molar-refractivity contribution in [1.82, 2.24) is 10.2 Å². The van der Waals surface area contributed by atoms with Crippen molar-refractivity contribution in [3.63, 3.8) is 0 Å². The number of primary amides is 1. The fraction of sp³-hybridized carbons (Fsp3) is 0.474. The van der Waals surface area contributed by atoms with Crippen LogP contribution in [0.4, 0.5) is 4.79 Å². The number of carbonyl (C=O) groups is 3. The molecule has 0 aromatic heterocycles. The van der Waals surface area contributed by atoms with Crippen LogP contribution in [0.3, 0.4) is 0 Å². The van der Waals surface area contributed by atoms with Crippen molar-refractivity contribution >= 4 is 17.9 Å². The van der Waals surface area contributed by atoms with Gasteiger partial charge >= 0.3 is 6.09 Å². The van der Waals surface area contributed by atoms with Crippen LogP contribution < -0.4 is 11.1 Å². The molecule has 1 aromatic carbocycles. The monoisotopic (exact) mass is 372 g/mol. The van der Waals surface area contributed by atoms with Crippen molar-refractivity contribution in [2.24, 2.45) is 11.7 Å². The predicted octanol–water partition coefficient (Wildman–Crippen LogP) is 1.31. The van der Waals surface area contributed by atoms with Gasteiger partial charge in [0.1, 0.15) is 18.7 Å². The molecule has 27 heavy (non-hydrogen) atoms. The van der Waals surface area contributed by atoms with E-state index in [4.69, 9.17) is 15.7 Å². The highest BCUT2D eigenvalue weighted by atomic mass is 16.6. The number of nitriles is 1. The van der Waals surface area contributed by atoms with Gasteiger partial charge in [-0.3, -0.25) is 14.5 Å². The Bertz CT molecular complexity index is 716. The molecule has 144 valence electrons. The summed E-state index contributed by atoms with van der Waals surface area (Å²) in [5, 5.41) is 11.5. The minimum absolute atomic E-state index is 0.119. The van der Waals surface area contributed by atoms with Gasteiger partial charge in [0.05, 0.1) is 6.07 Å². The smallest absolute Gasteiger partial charge is 0.410 e. The third-order valence-electron chi connectivity index (χ3n) is 4.46. The third-order valence-corrected chi connectivity index (χ3v) is 4.46. The lowest BCUT2D eigenvalue weighted by atomic mass is 10.0. The average molecular weight is 372 g/mol. The number of ether oxygens (including phenoxy) is 1. The number of hydrogen-bond donors (Lipinski definition) is 2. The molecule has 8 nitrogen and oxygen atoms in total. The van der Waals surface area contributed by atoms with E-state index in [2.05, 4.69) is 5.32 Å². The van der Waals surface area contributed by atoms with E-state index in [1.54, 1.807) is 6.92 Å². The number of benzene rings is 1. The summed E-state index contributed by atoms with van der Waals surface area (Å²) < 4.78 is 5.30. The zero-order chi connectivity index (χ0) is 19.8. The minimum atomic E-state index is -0.949. The topological polar surface area (TPSA) is 126 Å². The lowest BCUT2D eigenvalue weighted by molar-refractivity contribution is -0.130. The summed E-state index contributed by atoms with van der Waals surface area (Å²) >= 11 is 0. The zero-order valence-corrected chi connectivity index (χ0v) is 15.3. The molecular formula is C19H24N4O4. The summed E-state index contributed by atoms with van der Waals surface area (Å²) in [5.74, 6) is -1.60. The van der Waals surface area contributed by atoms with Gasteiger partial charge in [0.15, 0.2) is 0 Å². The number of nitrogens with one attached hydrogen (secondary N) is 1. The molecule has 0 spiro atoms. The van der Waals surface area contributed by atoms with Gasteiger partial charge in [-0.05, 0) is 31.7 Å². The molecule has 0 unspecified atom stereocenters. The molecule has 3 N–H and O–H groups in total. The van der Waals surface area contributed by atoms with Crippen molar-refractivity contribution in [3.8, 4) is 6.07 Å². The Hall–Kier alpha value is -3.08. The summed E-state index contributed by atoms with van der Waals surface area (Å²) in [5.41, 5.74) is 6.18. The Kier molecular flexibility index (Phi) is 7.17. The number of hydrogen-bond acceptors (Lipinski definition) is 5. The number of carbonyl (C=O) groups excluding carboxylic acids is 3. The fourth-order valence-electron chi connectivity index (χ4n) is 2.98. The normalized spacial score (nSPS) is 18.2. The van der Waals surface area contributed by atoms with E-state index in [0.29, 0.717) is 19.4 Å². The van der Waals surface area contributed by atoms with E-state index in [1.807, 2.05) is 36.4 Å². The lowest BCUT2D eigenvalue weighted by Crippen LogP contribution is -2.52. The standard InChI is InChI=1S/C19H24N4O4/c1-13(11-20)10-15(17(21)24)22-18(25)16-8-5-9-23(16)19(26)27-12-14-6-3-2-4-7-14/h2-4,6-7,13,15-16H,5,8-10,12H2,1H3,(H2,21,24)(H,22,25)/t13-,15+,16+/m0/s1. The van der Waals surface area contributed by atoms with Crippen LogP contribution in [0.2, 0.25) is 0 Å². The quantitative estimate of drug-likeness (QED) is 0.746. The number of nitrogens with two attached hydrogens (primary N) is 1. The SMILES string of the molecule is C[C@H](C#N)C[C@@H](NC(=O)[C@H]1CCCN1C(=O)OCc1ccccc1)C(N)=O. The van der Waals surface area contributed by atoms with Crippen molar-refractivity contribution in [3.05, 3.63) is 35.9 Å². The van der Waals surface area contributed by atoms with Crippen LogP contribution in [0.5, 0.6) is 0 Å². The Morgan fingerprint density at radius 1 is 1.37 bits per heavy atom. The minimum Gasteiger partial charge on any atom is -0.445 e. The molecule has 0 aliphatic carbocycles. The molecule has 0 radical (unpaired) electrons. The van der Waals surface area contributed by atoms with Crippen LogP contribution >= 0.6 is 0 Å². The first-order valence-corrected chi connectivity index (χ1v) is 8.89. The second-order valence-electron chi connectivity index (χ2n) is 6.62. The number of amides is 3. The lowest BCUT2D eigenvalue weighted by Gasteiger charge is -2.25. The molecule has 3 amide bonds. The summed E-state index contributed by atoms with van der Waals surface area (Å²) in [4.78, 5) is 37.9. The fourth-order valence-corrected chi connectivity index (χ4v) is 2.98. The van der Waals surface area contributed by atoms with Gasteiger partial charge < -0.3 is 15.8 Å². The van der Waals surface area contributed by atoms with Crippen LogP contribution in [0.15, 0.2) is 30.3 Å². The highest BCUT2D eigenvalue weighted by Crippen LogP contribution is 2.19. The number of likely N-dealkylation sites (tertiary alicyclic amines) is 1. The first kappa shape index (κ1) is 20.2. The molecule has 1 aliphatic heterocycles. The van der Waals surface area contributed by atoms with E-state index < -0.39 is 35.9 Å². The summed E-state index contributed by atoms with van der Waals surface area (Å²) in [6.45, 7) is 2.17. The van der Waals surface area contributed by atoms with Crippen LogP contribution in [0, 0.1) is 17.2 Å². The van der Waals surface area contributed by atoms with Gasteiger partial charge in [-0.15, -0.1) is 0 Å². The predicted molar refractivity (Wildman–Crippen MR) is 96.9 cm³/mol. The summed E-state index contributed by atoms with van der Waals surface area (Å²) in [7, 11) is 0. The highest BCUT2D eigenvalue weighted by Gasteiger charge is 2.36. The molecular weight excluding hydrogens is 348 g/mol. The van der Waals surface area contributed by atoms with E-state index in [0.717, 1.165) is 5.56 Å². The first-order chi connectivity index (χ1) is 12.9. The second-order valence-corrected chi connectivity index (χ2v) is 6.62. The van der Waals surface area contributed by atoms with Gasteiger partial charge in [0.25, 0.3) is 0 Å². The Morgan fingerprint density at radius 2 is 2.07 bits per heavy atom. The molecule has 8 heteroatoms. The molecule has 1 fully saturated rings. The van der Waals surface area contributed by atoms with Gasteiger partial charge in [0.2, 0.25) is 11.8 Å². The Morgan fingerprint density at radius 3 is 2.70 bits per heavy atom. The number of nitrogens with zero attached hydrogens (tertiary/aromatic N) is 2. The van der Waals surface area contributed by atoms with Crippen LogP contribution in [-0.4, -0.2) is 41.4 Å². The van der Waals surface area contributed by atoms with E-state index >= 15 is 0 Å². The third kappa shape index (κ3) is 5.71. The van der Waals surface area contributed by atoms with Gasteiger partial charge in [-0.25, -0.2) is 4.79 Å². The van der Waals surface area contributed by atoms with Crippen molar-refractivity contribution < 1.29 is 19.1 Å². The summed E-state index contributed by atoms with van der Waals surface area (Å²) in [6.07, 6.45) is 0.695. The van der Waals surface area contributed by atoms with Gasteiger partial charge in [0, 0.05) is 12.5 Å². The molecule has 0 bridgehead atoms. The highest BCUT2D eigenvalue weighted by molar-refractivity contribution is 5.91. The van der Waals surface area contributed by atoms with Crippen LogP contribution in [0.25, 0.3) is 0 Å². The molecule has 1 heterocycles. The maximum atomic E-state index is 12.6. The number of rotatable bonds is 7. The second kappa shape index (κ2) is 9.57. The summed E-state index contributed by atoms with van der Waals surface area (Å²) in [6, 6.07) is 9.60. The molecule has 1 saturated heterocycles. The molecule has 2 rings (SSSR count). The molecule has 1 aliphatic rings. The van der Waals surface area contributed by atoms with Crippen molar-refractivity contribution in [2.45, 2.75) is 44.9 Å². The first-order valence-electron chi connectivity index (χ1n) is 8.89. The zero-order valence-electron chi connectivity index (χ0n) is 15.3. The maximum Gasteiger partial charge on any atom is 0.410 e. The maximum absolute atomic E-state index is 12.6. The Labute approximate surface area is 158 Å². The molecule has 3 atom stereocenters. The largest absolute Gasteiger partial charge is 0.445 e. The van der Waals surface area contributed by atoms with E-state index in [-0.39, 0.29) is 13.0 Å².